The SMILES string of the molecule is C[C@@H]1SC(c2cccs2)=N[C@H]1CO. The van der Waals surface area contributed by atoms with Crippen LogP contribution in [0.5, 0.6) is 0 Å². The summed E-state index contributed by atoms with van der Waals surface area (Å²) in [6, 6.07) is 4.19. The standard InChI is InChI=1S/C9H11NOS2/c1-6-7(5-11)10-9(13-6)8-3-2-4-12-8/h2-4,6-7,11H,5H2,1H3/t6-,7-/m0/s1. The van der Waals surface area contributed by atoms with Crippen LogP contribution >= 0.6 is 23.1 Å². The Morgan fingerprint density at radius 3 is 3.00 bits per heavy atom. The largest absolute Gasteiger partial charge is 0.394 e. The van der Waals surface area contributed by atoms with Crippen molar-refractivity contribution in [1.82, 2.24) is 0 Å². The average molecular weight is 213 g/mol. The van der Waals surface area contributed by atoms with Gasteiger partial charge in [-0.1, -0.05) is 13.0 Å². The van der Waals surface area contributed by atoms with E-state index in [1.165, 1.54) is 4.88 Å². The monoisotopic (exact) mass is 213 g/mol. The van der Waals surface area contributed by atoms with Crippen molar-refractivity contribution in [1.29, 1.82) is 0 Å². The Balaban J connectivity index is 2.19. The molecule has 2 atom stereocenters. The smallest absolute Gasteiger partial charge is 0.108 e. The van der Waals surface area contributed by atoms with Crippen molar-refractivity contribution >= 4 is 28.1 Å². The van der Waals surface area contributed by atoms with E-state index in [0.29, 0.717) is 5.25 Å². The van der Waals surface area contributed by atoms with Gasteiger partial charge in [-0.05, 0) is 11.4 Å². The molecule has 1 aromatic rings. The fraction of sp³-hybridized carbons (Fsp3) is 0.444. The molecule has 1 aliphatic rings. The zero-order valence-electron chi connectivity index (χ0n) is 7.30. The van der Waals surface area contributed by atoms with E-state index in [2.05, 4.69) is 23.4 Å². The number of aliphatic hydroxyl groups is 1. The number of rotatable bonds is 2. The number of thiophene rings is 1. The molecule has 2 heterocycles. The van der Waals surface area contributed by atoms with Gasteiger partial charge >= 0.3 is 0 Å². The zero-order valence-corrected chi connectivity index (χ0v) is 8.94. The molecule has 0 aromatic carbocycles. The van der Waals surface area contributed by atoms with E-state index < -0.39 is 0 Å². The lowest BCUT2D eigenvalue weighted by Crippen LogP contribution is -2.17. The summed E-state index contributed by atoms with van der Waals surface area (Å²) in [5.74, 6) is 0. The molecule has 0 bridgehead atoms. The molecule has 1 aromatic heterocycles. The first kappa shape index (κ1) is 9.24. The predicted octanol–water partition coefficient (Wildman–Crippen LogP) is 1.99. The van der Waals surface area contributed by atoms with Crippen LogP contribution in [0.15, 0.2) is 22.5 Å². The molecular formula is C9H11NOS2. The van der Waals surface area contributed by atoms with Gasteiger partial charge in [-0.2, -0.15) is 0 Å². The molecule has 0 aliphatic carbocycles. The van der Waals surface area contributed by atoms with Gasteiger partial charge in [0.15, 0.2) is 0 Å². The Hall–Kier alpha value is -0.320. The molecule has 0 fully saturated rings. The van der Waals surface area contributed by atoms with Crippen molar-refractivity contribution < 1.29 is 5.11 Å². The number of nitrogens with zero attached hydrogens (tertiary/aromatic N) is 1. The van der Waals surface area contributed by atoms with E-state index in [1.807, 2.05) is 6.07 Å². The molecule has 0 radical (unpaired) electrons. The van der Waals surface area contributed by atoms with E-state index in [-0.39, 0.29) is 12.6 Å². The molecule has 0 spiro atoms. The van der Waals surface area contributed by atoms with Crippen LogP contribution in [-0.4, -0.2) is 28.0 Å². The van der Waals surface area contributed by atoms with Gasteiger partial charge in [-0.3, -0.25) is 4.99 Å². The fourth-order valence-electron chi connectivity index (χ4n) is 1.25. The second-order valence-corrected chi connectivity index (χ2v) is 5.30. The summed E-state index contributed by atoms with van der Waals surface area (Å²) >= 11 is 3.46. The van der Waals surface area contributed by atoms with E-state index in [0.717, 1.165) is 5.04 Å². The summed E-state index contributed by atoms with van der Waals surface area (Å²) in [4.78, 5) is 5.69. The van der Waals surface area contributed by atoms with E-state index >= 15 is 0 Å². The normalized spacial score (nSPS) is 27.7. The van der Waals surface area contributed by atoms with Crippen molar-refractivity contribution in [2.24, 2.45) is 4.99 Å². The maximum Gasteiger partial charge on any atom is 0.108 e. The summed E-state index contributed by atoms with van der Waals surface area (Å²) in [5.41, 5.74) is 0. The lowest BCUT2D eigenvalue weighted by molar-refractivity contribution is 0.268. The van der Waals surface area contributed by atoms with Gasteiger partial charge in [0, 0.05) is 5.25 Å². The van der Waals surface area contributed by atoms with E-state index in [1.54, 1.807) is 23.1 Å². The number of thioether (sulfide) groups is 1. The van der Waals surface area contributed by atoms with Gasteiger partial charge in [0.1, 0.15) is 5.04 Å². The van der Waals surface area contributed by atoms with Crippen molar-refractivity contribution in [3.8, 4) is 0 Å². The number of hydrogen-bond donors (Lipinski definition) is 1. The average Bonchev–Trinajstić information content (AvgIpc) is 2.71. The molecule has 0 amide bonds. The number of hydrogen-bond acceptors (Lipinski definition) is 4. The molecule has 0 unspecified atom stereocenters. The molecule has 70 valence electrons. The highest BCUT2D eigenvalue weighted by molar-refractivity contribution is 8.15. The first-order chi connectivity index (χ1) is 6.31. The molecular weight excluding hydrogens is 202 g/mol. The van der Waals surface area contributed by atoms with Gasteiger partial charge in [0.25, 0.3) is 0 Å². The Kier molecular flexibility index (Phi) is 2.71. The Labute approximate surface area is 85.7 Å². The molecule has 1 aliphatic heterocycles. The third kappa shape index (κ3) is 1.80. The van der Waals surface area contributed by atoms with Crippen molar-refractivity contribution in [2.75, 3.05) is 6.61 Å². The summed E-state index contributed by atoms with van der Waals surface area (Å²) in [7, 11) is 0. The van der Waals surface area contributed by atoms with E-state index in [4.69, 9.17) is 5.11 Å². The maximum absolute atomic E-state index is 9.03. The quantitative estimate of drug-likeness (QED) is 0.815. The van der Waals surface area contributed by atoms with Crippen LogP contribution in [0.2, 0.25) is 0 Å². The highest BCUT2D eigenvalue weighted by Gasteiger charge is 2.26. The molecule has 2 nitrogen and oxygen atoms in total. The molecule has 0 saturated carbocycles. The second-order valence-electron chi connectivity index (χ2n) is 2.98. The highest BCUT2D eigenvalue weighted by atomic mass is 32.2. The second kappa shape index (κ2) is 3.82. The first-order valence-electron chi connectivity index (χ1n) is 4.20. The summed E-state index contributed by atoms with van der Waals surface area (Å²) < 4.78 is 0. The van der Waals surface area contributed by atoms with Crippen LogP contribution in [0.25, 0.3) is 0 Å². The molecule has 13 heavy (non-hydrogen) atoms. The molecule has 1 N–H and O–H groups in total. The van der Waals surface area contributed by atoms with Crippen molar-refractivity contribution in [2.45, 2.75) is 18.2 Å². The highest BCUT2D eigenvalue weighted by Crippen LogP contribution is 2.31. The molecule has 4 heteroatoms. The number of aliphatic hydroxyl groups excluding tert-OH is 1. The third-order valence-electron chi connectivity index (χ3n) is 2.04. The van der Waals surface area contributed by atoms with Gasteiger partial charge in [0.05, 0.1) is 17.5 Å². The van der Waals surface area contributed by atoms with Crippen LogP contribution in [0.3, 0.4) is 0 Å². The minimum absolute atomic E-state index is 0.0853. The summed E-state index contributed by atoms with van der Waals surface area (Å²) in [5, 5.41) is 12.6. The van der Waals surface area contributed by atoms with Crippen LogP contribution in [0.4, 0.5) is 0 Å². The summed E-state index contributed by atoms with van der Waals surface area (Å²) in [6.45, 7) is 2.26. The third-order valence-corrected chi connectivity index (χ3v) is 4.28. The lowest BCUT2D eigenvalue weighted by atomic mass is 10.2. The predicted molar refractivity (Wildman–Crippen MR) is 58.8 cm³/mol. The maximum atomic E-state index is 9.03. The van der Waals surface area contributed by atoms with Crippen LogP contribution < -0.4 is 0 Å². The number of aliphatic imine (C=N–C) groups is 1. The minimum Gasteiger partial charge on any atom is -0.394 e. The summed E-state index contributed by atoms with van der Waals surface area (Å²) in [6.07, 6.45) is 0. The van der Waals surface area contributed by atoms with Gasteiger partial charge in [-0.25, -0.2) is 0 Å². The topological polar surface area (TPSA) is 32.6 Å². The molecule has 0 saturated heterocycles. The van der Waals surface area contributed by atoms with Gasteiger partial charge < -0.3 is 5.11 Å². The van der Waals surface area contributed by atoms with Crippen molar-refractivity contribution in [3.63, 3.8) is 0 Å². The van der Waals surface area contributed by atoms with Crippen molar-refractivity contribution in [3.05, 3.63) is 22.4 Å². The first-order valence-corrected chi connectivity index (χ1v) is 5.96. The lowest BCUT2D eigenvalue weighted by Gasteiger charge is -2.06. The Morgan fingerprint density at radius 1 is 1.62 bits per heavy atom. The van der Waals surface area contributed by atoms with Crippen LogP contribution in [-0.2, 0) is 0 Å². The van der Waals surface area contributed by atoms with Crippen LogP contribution in [0, 0.1) is 0 Å². The van der Waals surface area contributed by atoms with Gasteiger partial charge in [-0.15, -0.1) is 23.1 Å². The van der Waals surface area contributed by atoms with Gasteiger partial charge in [0.2, 0.25) is 0 Å². The fourth-order valence-corrected chi connectivity index (χ4v) is 3.19. The van der Waals surface area contributed by atoms with Crippen LogP contribution in [0.1, 0.15) is 11.8 Å². The minimum atomic E-state index is 0.0853. The molecule has 2 rings (SSSR count). The van der Waals surface area contributed by atoms with E-state index in [9.17, 15) is 0 Å². The Bertz CT molecular complexity index is 307. The Morgan fingerprint density at radius 2 is 2.46 bits per heavy atom. The zero-order chi connectivity index (χ0) is 9.26.